The zero-order valence-electron chi connectivity index (χ0n) is 17.0. The van der Waals surface area contributed by atoms with Gasteiger partial charge in [0.1, 0.15) is 5.75 Å². The van der Waals surface area contributed by atoms with E-state index in [2.05, 4.69) is 33.8 Å². The molecule has 6 nitrogen and oxygen atoms in total. The van der Waals surface area contributed by atoms with E-state index in [1.54, 1.807) is 7.11 Å². The molecule has 0 aliphatic heterocycles. The second kappa shape index (κ2) is 8.03. The summed E-state index contributed by atoms with van der Waals surface area (Å²) in [6, 6.07) is 13.8. The summed E-state index contributed by atoms with van der Waals surface area (Å²) in [6.07, 6.45) is 4.12. The molecule has 0 saturated heterocycles. The molecule has 1 aliphatic carbocycles. The van der Waals surface area contributed by atoms with Gasteiger partial charge < -0.3 is 10.1 Å². The molecule has 1 aromatic heterocycles. The van der Waals surface area contributed by atoms with Gasteiger partial charge >= 0.3 is 0 Å². The number of nitrogens with one attached hydrogen (secondary N) is 1. The molecule has 7 heteroatoms. The van der Waals surface area contributed by atoms with Gasteiger partial charge in [-0.05, 0) is 78.8 Å². The number of benzene rings is 2. The monoisotopic (exact) mass is 411 g/mol. The first-order valence-electron chi connectivity index (χ1n) is 9.99. The number of halogens is 1. The summed E-state index contributed by atoms with van der Waals surface area (Å²) < 4.78 is 7.24. The Morgan fingerprint density at radius 2 is 1.93 bits per heavy atom. The summed E-state index contributed by atoms with van der Waals surface area (Å²) >= 11 is 6.37. The molecule has 0 spiro atoms. The summed E-state index contributed by atoms with van der Waals surface area (Å²) in [4.78, 5) is 0. The van der Waals surface area contributed by atoms with Gasteiger partial charge in [0.2, 0.25) is 0 Å². The highest BCUT2D eigenvalue weighted by Crippen LogP contribution is 2.42. The average molecular weight is 412 g/mol. The third-order valence-electron chi connectivity index (χ3n) is 5.95. The third-order valence-corrected chi connectivity index (χ3v) is 6.36. The predicted octanol–water partition coefficient (Wildman–Crippen LogP) is 5.15. The predicted molar refractivity (Wildman–Crippen MR) is 115 cm³/mol. The maximum absolute atomic E-state index is 6.37. The van der Waals surface area contributed by atoms with E-state index in [1.165, 1.54) is 0 Å². The number of anilines is 1. The van der Waals surface area contributed by atoms with E-state index in [1.807, 2.05) is 48.0 Å². The molecule has 0 unspecified atom stereocenters. The van der Waals surface area contributed by atoms with Crippen LogP contribution in [0.25, 0.3) is 5.69 Å². The van der Waals surface area contributed by atoms with Crippen molar-refractivity contribution in [3.8, 4) is 11.4 Å². The Kier molecular flexibility index (Phi) is 5.46. The molecular weight excluding hydrogens is 386 g/mol. The zero-order chi connectivity index (χ0) is 20.4. The molecule has 3 aromatic rings. The molecule has 1 N–H and O–H groups in total. The van der Waals surface area contributed by atoms with Gasteiger partial charge in [0.15, 0.2) is 5.82 Å². The van der Waals surface area contributed by atoms with Gasteiger partial charge in [-0.3, -0.25) is 0 Å². The zero-order valence-corrected chi connectivity index (χ0v) is 17.8. The van der Waals surface area contributed by atoms with Crippen molar-refractivity contribution in [1.29, 1.82) is 0 Å². The highest BCUT2D eigenvalue weighted by Gasteiger charge is 2.41. The molecule has 0 atom stereocenters. The lowest BCUT2D eigenvalue weighted by Gasteiger charge is -2.39. The van der Waals surface area contributed by atoms with Crippen molar-refractivity contribution >= 4 is 17.3 Å². The van der Waals surface area contributed by atoms with Gasteiger partial charge in [-0.15, -0.1) is 5.10 Å². The largest absolute Gasteiger partial charge is 0.497 e. The minimum Gasteiger partial charge on any atom is -0.497 e. The Bertz CT molecular complexity index is 994. The van der Waals surface area contributed by atoms with E-state index in [4.69, 9.17) is 16.3 Å². The third kappa shape index (κ3) is 3.81. The van der Waals surface area contributed by atoms with Gasteiger partial charge in [0.25, 0.3) is 0 Å². The number of rotatable bonds is 5. The summed E-state index contributed by atoms with van der Waals surface area (Å²) in [6.45, 7) is 4.30. The Morgan fingerprint density at radius 1 is 1.17 bits per heavy atom. The van der Waals surface area contributed by atoms with E-state index in [0.29, 0.717) is 10.9 Å². The summed E-state index contributed by atoms with van der Waals surface area (Å²) in [5.74, 6) is 2.32. The van der Waals surface area contributed by atoms with Crippen molar-refractivity contribution < 1.29 is 4.74 Å². The van der Waals surface area contributed by atoms with Crippen LogP contribution in [0.4, 0.5) is 5.69 Å². The minimum atomic E-state index is -0.364. The molecule has 1 saturated carbocycles. The first kappa shape index (κ1) is 19.7. The lowest BCUT2D eigenvalue weighted by molar-refractivity contribution is 0.255. The molecule has 1 fully saturated rings. The number of nitrogens with zero attached hydrogens (tertiary/aromatic N) is 4. The molecule has 0 bridgehead atoms. The van der Waals surface area contributed by atoms with Gasteiger partial charge in [0, 0.05) is 16.8 Å². The summed E-state index contributed by atoms with van der Waals surface area (Å²) in [5.41, 5.74) is 2.50. The molecule has 152 valence electrons. The Balaban J connectivity index is 1.79. The first-order chi connectivity index (χ1) is 14.0. The lowest BCUT2D eigenvalue weighted by Crippen LogP contribution is -2.41. The van der Waals surface area contributed by atoms with Crippen molar-refractivity contribution in [3.05, 3.63) is 58.9 Å². The first-order valence-corrected chi connectivity index (χ1v) is 10.4. The molecular formula is C22H26ClN5O. The van der Waals surface area contributed by atoms with Crippen LogP contribution >= 0.6 is 11.6 Å². The van der Waals surface area contributed by atoms with Crippen LogP contribution in [-0.4, -0.2) is 27.3 Å². The molecule has 4 rings (SSSR count). The number of aromatic nitrogens is 4. The minimum absolute atomic E-state index is 0.364. The average Bonchev–Trinajstić information content (AvgIpc) is 3.22. The van der Waals surface area contributed by atoms with Crippen molar-refractivity contribution in [2.75, 3.05) is 12.4 Å². The number of hydrogen-bond donors (Lipinski definition) is 1. The van der Waals surface area contributed by atoms with Gasteiger partial charge in [-0.2, -0.15) is 4.68 Å². The highest BCUT2D eigenvalue weighted by atomic mass is 35.5. The number of tetrazole rings is 1. The summed E-state index contributed by atoms with van der Waals surface area (Å²) in [7, 11) is 1.68. The second-order valence-electron chi connectivity index (χ2n) is 7.92. The maximum atomic E-state index is 6.37. The van der Waals surface area contributed by atoms with Crippen LogP contribution in [0.5, 0.6) is 5.75 Å². The van der Waals surface area contributed by atoms with E-state index < -0.39 is 0 Å². The van der Waals surface area contributed by atoms with E-state index in [-0.39, 0.29) is 5.54 Å². The molecule has 1 aliphatic rings. The van der Waals surface area contributed by atoms with Gasteiger partial charge in [-0.25, -0.2) is 0 Å². The topological polar surface area (TPSA) is 64.9 Å². The van der Waals surface area contributed by atoms with Crippen LogP contribution in [0.2, 0.25) is 5.02 Å². The van der Waals surface area contributed by atoms with Crippen LogP contribution in [0.3, 0.4) is 0 Å². The standard InChI is InChI=1S/C22H26ClN5O/c1-15-10-12-22(13-11-15,24-17-6-4-7-18(14-17)29-3)21-25-26-27-28(21)20-9-5-8-19(23)16(20)2/h4-9,14-15,24H,10-13H2,1-3H3. The second-order valence-corrected chi connectivity index (χ2v) is 8.33. The van der Waals surface area contributed by atoms with Crippen LogP contribution in [0, 0.1) is 12.8 Å². The lowest BCUT2D eigenvalue weighted by atomic mass is 9.76. The molecule has 1 heterocycles. The fourth-order valence-electron chi connectivity index (χ4n) is 4.11. The van der Waals surface area contributed by atoms with Crippen molar-refractivity contribution in [2.24, 2.45) is 5.92 Å². The molecule has 2 aromatic carbocycles. The van der Waals surface area contributed by atoms with Gasteiger partial charge in [0.05, 0.1) is 18.3 Å². The Labute approximate surface area is 176 Å². The van der Waals surface area contributed by atoms with Crippen molar-refractivity contribution in [1.82, 2.24) is 20.2 Å². The van der Waals surface area contributed by atoms with E-state index >= 15 is 0 Å². The molecule has 0 radical (unpaired) electrons. The fraction of sp³-hybridized carbons (Fsp3) is 0.409. The SMILES string of the molecule is COc1cccc(NC2(c3nnnn3-c3cccc(Cl)c3C)CCC(C)CC2)c1. The number of hydrogen-bond acceptors (Lipinski definition) is 5. The van der Waals surface area contributed by atoms with Crippen LogP contribution in [0.1, 0.15) is 44.0 Å². The van der Waals surface area contributed by atoms with E-state index in [9.17, 15) is 0 Å². The number of methoxy groups -OCH3 is 1. The quantitative estimate of drug-likeness (QED) is 0.628. The number of ether oxygens (including phenoxy) is 1. The van der Waals surface area contributed by atoms with Crippen LogP contribution < -0.4 is 10.1 Å². The maximum Gasteiger partial charge on any atom is 0.181 e. The van der Waals surface area contributed by atoms with Gasteiger partial charge in [-0.1, -0.05) is 30.7 Å². The smallest absolute Gasteiger partial charge is 0.181 e. The summed E-state index contributed by atoms with van der Waals surface area (Å²) in [5, 5.41) is 17.3. The highest BCUT2D eigenvalue weighted by molar-refractivity contribution is 6.31. The molecule has 29 heavy (non-hydrogen) atoms. The normalized spacial score (nSPS) is 21.7. The van der Waals surface area contributed by atoms with E-state index in [0.717, 1.165) is 54.2 Å². The Hall–Kier alpha value is -2.60. The van der Waals surface area contributed by atoms with Crippen LogP contribution in [0.15, 0.2) is 42.5 Å². The van der Waals surface area contributed by atoms with Crippen molar-refractivity contribution in [2.45, 2.75) is 45.1 Å². The molecule has 0 amide bonds. The van der Waals surface area contributed by atoms with Crippen LogP contribution in [-0.2, 0) is 5.54 Å². The van der Waals surface area contributed by atoms with Crippen molar-refractivity contribution in [3.63, 3.8) is 0 Å². The fourth-order valence-corrected chi connectivity index (χ4v) is 4.28. The Morgan fingerprint density at radius 3 is 2.69 bits per heavy atom.